The third kappa shape index (κ3) is 4.71. The van der Waals surface area contributed by atoms with Crippen LogP contribution in [0.25, 0.3) is 0 Å². The molecule has 0 radical (unpaired) electrons. The van der Waals surface area contributed by atoms with E-state index in [1.54, 1.807) is 6.07 Å². The molecule has 1 saturated heterocycles. The van der Waals surface area contributed by atoms with Crippen molar-refractivity contribution in [1.29, 1.82) is 0 Å². The van der Waals surface area contributed by atoms with Crippen LogP contribution in [0.5, 0.6) is 5.75 Å². The van der Waals surface area contributed by atoms with Crippen LogP contribution < -0.4 is 15.0 Å². The van der Waals surface area contributed by atoms with Gasteiger partial charge in [-0.15, -0.1) is 0 Å². The average Bonchev–Trinajstić information content (AvgIpc) is 2.92. The van der Waals surface area contributed by atoms with Crippen molar-refractivity contribution >= 4 is 17.4 Å². The van der Waals surface area contributed by atoms with Gasteiger partial charge in [-0.3, -0.25) is 4.79 Å². The lowest BCUT2D eigenvalue weighted by Gasteiger charge is -2.22. The van der Waals surface area contributed by atoms with Crippen LogP contribution in [0.2, 0.25) is 0 Å². The highest BCUT2D eigenvalue weighted by atomic mass is 16.5. The quantitative estimate of drug-likeness (QED) is 0.884. The Kier molecular flexibility index (Phi) is 6.04. The van der Waals surface area contributed by atoms with Gasteiger partial charge in [-0.1, -0.05) is 12.8 Å². The minimum Gasteiger partial charge on any atom is -0.494 e. The average molecular weight is 354 g/mol. The predicted molar refractivity (Wildman–Crippen MR) is 103 cm³/mol. The number of ether oxygens (including phenoxy) is 1. The first-order chi connectivity index (χ1) is 12.7. The molecule has 1 aromatic carbocycles. The second kappa shape index (κ2) is 8.65. The molecule has 6 nitrogen and oxygen atoms in total. The normalized spacial score (nSPS) is 14.6. The van der Waals surface area contributed by atoms with Gasteiger partial charge in [-0.25, -0.2) is 9.97 Å². The Bertz CT molecular complexity index is 738. The molecule has 0 unspecified atom stereocenters. The number of hydrogen-bond acceptors (Lipinski definition) is 5. The minimum atomic E-state index is -0.226. The predicted octanol–water partition coefficient (Wildman–Crippen LogP) is 3.82. The Labute approximate surface area is 154 Å². The van der Waals surface area contributed by atoms with E-state index in [4.69, 9.17) is 4.74 Å². The van der Waals surface area contributed by atoms with Gasteiger partial charge in [0.2, 0.25) is 0 Å². The lowest BCUT2D eigenvalue weighted by molar-refractivity contribution is 0.102. The maximum Gasteiger partial charge on any atom is 0.274 e. The first-order valence-electron chi connectivity index (χ1n) is 9.30. The van der Waals surface area contributed by atoms with Crippen molar-refractivity contribution in [2.24, 2.45) is 0 Å². The number of amides is 1. The summed E-state index contributed by atoms with van der Waals surface area (Å²) < 4.78 is 5.42. The molecule has 1 N–H and O–H groups in total. The van der Waals surface area contributed by atoms with Crippen LogP contribution in [-0.2, 0) is 0 Å². The molecular weight excluding hydrogens is 328 g/mol. The van der Waals surface area contributed by atoms with Crippen LogP contribution in [-0.4, -0.2) is 35.6 Å². The summed E-state index contributed by atoms with van der Waals surface area (Å²) in [4.78, 5) is 23.7. The van der Waals surface area contributed by atoms with Gasteiger partial charge in [0.25, 0.3) is 5.91 Å². The molecule has 1 fully saturated rings. The monoisotopic (exact) mass is 354 g/mol. The largest absolute Gasteiger partial charge is 0.494 e. The van der Waals surface area contributed by atoms with E-state index in [-0.39, 0.29) is 5.91 Å². The van der Waals surface area contributed by atoms with Gasteiger partial charge in [-0.05, 0) is 51.0 Å². The summed E-state index contributed by atoms with van der Waals surface area (Å²) in [7, 11) is 0. The summed E-state index contributed by atoms with van der Waals surface area (Å²) in [5.41, 5.74) is 1.11. The Morgan fingerprint density at radius 2 is 1.81 bits per heavy atom. The summed E-state index contributed by atoms with van der Waals surface area (Å²) in [6.45, 7) is 6.35. The lowest BCUT2D eigenvalue weighted by atomic mass is 10.2. The van der Waals surface area contributed by atoms with Crippen molar-refractivity contribution in [1.82, 2.24) is 9.97 Å². The number of aryl methyl sites for hydroxylation is 1. The van der Waals surface area contributed by atoms with Crippen molar-refractivity contribution in [3.05, 3.63) is 41.9 Å². The number of hydrogen-bond donors (Lipinski definition) is 1. The van der Waals surface area contributed by atoms with E-state index >= 15 is 0 Å². The minimum absolute atomic E-state index is 0.226. The maximum absolute atomic E-state index is 12.6. The van der Waals surface area contributed by atoms with Crippen molar-refractivity contribution in [2.45, 2.75) is 39.5 Å². The highest BCUT2D eigenvalue weighted by Gasteiger charge is 2.16. The summed E-state index contributed by atoms with van der Waals surface area (Å²) in [6.07, 6.45) is 4.84. The van der Waals surface area contributed by atoms with Gasteiger partial charge < -0.3 is 15.0 Å². The van der Waals surface area contributed by atoms with Crippen LogP contribution in [0.15, 0.2) is 30.3 Å². The number of anilines is 2. The highest BCUT2D eigenvalue weighted by Crippen LogP contribution is 2.20. The molecule has 0 saturated carbocycles. The first kappa shape index (κ1) is 18.2. The summed E-state index contributed by atoms with van der Waals surface area (Å²) in [6, 6.07) is 9.13. The van der Waals surface area contributed by atoms with E-state index in [1.807, 2.05) is 38.1 Å². The fourth-order valence-electron chi connectivity index (χ4n) is 3.13. The van der Waals surface area contributed by atoms with Crippen LogP contribution in [0, 0.1) is 6.92 Å². The van der Waals surface area contributed by atoms with Crippen molar-refractivity contribution in [2.75, 3.05) is 29.9 Å². The second-order valence-electron chi connectivity index (χ2n) is 6.47. The van der Waals surface area contributed by atoms with Gasteiger partial charge in [0.1, 0.15) is 23.1 Å². The number of benzene rings is 1. The molecule has 1 aliphatic rings. The molecule has 0 atom stereocenters. The van der Waals surface area contributed by atoms with Gasteiger partial charge in [-0.2, -0.15) is 0 Å². The van der Waals surface area contributed by atoms with Gasteiger partial charge >= 0.3 is 0 Å². The Morgan fingerprint density at radius 3 is 2.46 bits per heavy atom. The Hall–Kier alpha value is -2.63. The zero-order chi connectivity index (χ0) is 18.4. The van der Waals surface area contributed by atoms with Crippen LogP contribution in [0.4, 0.5) is 11.5 Å². The number of rotatable bonds is 5. The molecule has 1 aromatic heterocycles. The molecule has 0 spiro atoms. The molecule has 3 rings (SSSR count). The molecular formula is C20H26N4O2. The van der Waals surface area contributed by atoms with E-state index in [2.05, 4.69) is 20.2 Å². The van der Waals surface area contributed by atoms with Gasteiger partial charge in [0, 0.05) is 24.8 Å². The van der Waals surface area contributed by atoms with E-state index in [1.165, 1.54) is 12.8 Å². The highest BCUT2D eigenvalue weighted by molar-refractivity contribution is 6.03. The summed E-state index contributed by atoms with van der Waals surface area (Å²) in [5.74, 6) is 2.02. The molecule has 26 heavy (non-hydrogen) atoms. The standard InChI is InChI=1S/C20H26N4O2/c1-3-26-17-10-8-16(9-11-17)23-20(25)18-14-19(22-15(2)21-18)24-12-6-4-5-7-13-24/h8-11,14H,3-7,12-13H2,1-2H3,(H,23,25). The number of carbonyl (C=O) groups is 1. The SMILES string of the molecule is CCOc1ccc(NC(=O)c2cc(N3CCCCCC3)nc(C)n2)cc1. The van der Waals surface area contributed by atoms with Crippen LogP contribution >= 0.6 is 0 Å². The molecule has 2 heterocycles. The van der Waals surface area contributed by atoms with E-state index < -0.39 is 0 Å². The second-order valence-corrected chi connectivity index (χ2v) is 6.47. The number of nitrogens with one attached hydrogen (secondary N) is 1. The van der Waals surface area contributed by atoms with E-state index in [9.17, 15) is 4.79 Å². The molecule has 1 amide bonds. The lowest BCUT2D eigenvalue weighted by Crippen LogP contribution is -2.26. The smallest absolute Gasteiger partial charge is 0.274 e. The molecule has 138 valence electrons. The van der Waals surface area contributed by atoms with Crippen LogP contribution in [0.3, 0.4) is 0 Å². The van der Waals surface area contributed by atoms with Crippen molar-refractivity contribution in [3.8, 4) is 5.75 Å². The molecule has 2 aromatic rings. The molecule has 0 aliphatic carbocycles. The number of nitrogens with zero attached hydrogens (tertiary/aromatic N) is 3. The Morgan fingerprint density at radius 1 is 1.12 bits per heavy atom. The first-order valence-corrected chi connectivity index (χ1v) is 9.30. The third-order valence-electron chi connectivity index (χ3n) is 4.41. The van der Waals surface area contributed by atoms with Crippen molar-refractivity contribution < 1.29 is 9.53 Å². The van der Waals surface area contributed by atoms with Gasteiger partial charge in [0.05, 0.1) is 6.61 Å². The molecule has 6 heteroatoms. The van der Waals surface area contributed by atoms with E-state index in [0.717, 1.165) is 37.5 Å². The summed E-state index contributed by atoms with van der Waals surface area (Å²) in [5, 5.41) is 2.89. The van der Waals surface area contributed by atoms with Gasteiger partial charge in [0.15, 0.2) is 0 Å². The zero-order valence-electron chi connectivity index (χ0n) is 15.5. The number of carbonyl (C=O) groups excluding carboxylic acids is 1. The maximum atomic E-state index is 12.6. The fourth-order valence-corrected chi connectivity index (χ4v) is 3.13. The van der Waals surface area contributed by atoms with Crippen molar-refractivity contribution in [3.63, 3.8) is 0 Å². The third-order valence-corrected chi connectivity index (χ3v) is 4.41. The molecule has 0 bridgehead atoms. The van der Waals surface area contributed by atoms with E-state index in [0.29, 0.717) is 23.8 Å². The summed E-state index contributed by atoms with van der Waals surface area (Å²) >= 11 is 0. The Balaban J connectivity index is 1.74. The number of aromatic nitrogens is 2. The topological polar surface area (TPSA) is 67.3 Å². The van der Waals surface area contributed by atoms with Crippen LogP contribution in [0.1, 0.15) is 48.9 Å². The fraction of sp³-hybridized carbons (Fsp3) is 0.450. The zero-order valence-corrected chi connectivity index (χ0v) is 15.5. The molecule has 1 aliphatic heterocycles.